The van der Waals surface area contributed by atoms with Crippen LogP contribution in [0, 0.1) is 28.6 Å². The Hall–Kier alpha value is -1.78. The minimum absolute atomic E-state index is 0.0107. The number of hydrogen-bond acceptors (Lipinski definition) is 5. The van der Waals surface area contributed by atoms with Crippen LogP contribution in [0.25, 0.3) is 0 Å². The summed E-state index contributed by atoms with van der Waals surface area (Å²) < 4.78 is 17.8. The number of fused-ring (bicyclic) bond motifs is 4. The third-order valence-electron chi connectivity index (χ3n) is 8.29. The fourth-order valence-electron chi connectivity index (χ4n) is 7.44. The van der Waals surface area contributed by atoms with Crippen molar-refractivity contribution in [3.8, 4) is 0 Å². The lowest BCUT2D eigenvalue weighted by molar-refractivity contribution is -0.237. The van der Waals surface area contributed by atoms with E-state index >= 15 is 0 Å². The maximum Gasteiger partial charge on any atom is 0.303 e. The number of ether oxygens (including phenoxy) is 2. The first-order chi connectivity index (χ1) is 13.6. The number of rotatable bonds is 2. The van der Waals surface area contributed by atoms with Crippen LogP contribution in [0.4, 0.5) is 0 Å². The fourth-order valence-corrected chi connectivity index (χ4v) is 7.44. The highest BCUT2D eigenvalue weighted by Gasteiger charge is 2.65. The zero-order chi connectivity index (χ0) is 21.1. The Bertz CT molecular complexity index is 808. The monoisotopic (exact) mass is 402 g/mol. The molecule has 0 N–H and O–H groups in total. The molecule has 3 aliphatic carbocycles. The van der Waals surface area contributed by atoms with Gasteiger partial charge in [-0.25, -0.2) is 0 Å². The molecule has 1 heterocycles. The molecule has 7 atom stereocenters. The second-order valence-electron chi connectivity index (χ2n) is 10.4. The molecule has 0 saturated heterocycles. The third-order valence-corrected chi connectivity index (χ3v) is 8.29. The lowest BCUT2D eigenvalue weighted by Gasteiger charge is -2.64. The lowest BCUT2D eigenvalue weighted by atomic mass is 9.42. The van der Waals surface area contributed by atoms with Crippen molar-refractivity contribution >= 4 is 11.9 Å². The van der Waals surface area contributed by atoms with E-state index in [1.807, 2.05) is 6.07 Å². The highest BCUT2D eigenvalue weighted by molar-refractivity contribution is 5.67. The van der Waals surface area contributed by atoms with Crippen LogP contribution in [0.3, 0.4) is 0 Å². The van der Waals surface area contributed by atoms with Crippen LogP contribution < -0.4 is 0 Å². The van der Waals surface area contributed by atoms with Crippen LogP contribution in [-0.4, -0.2) is 24.1 Å². The molecule has 0 amide bonds. The molecule has 160 valence electrons. The van der Waals surface area contributed by atoms with Crippen LogP contribution in [0.2, 0.25) is 0 Å². The molecule has 0 aromatic carbocycles. The number of hydrogen-bond donors (Lipinski definition) is 0. The first-order valence-corrected chi connectivity index (χ1v) is 11.0. The van der Waals surface area contributed by atoms with E-state index in [2.05, 4.69) is 27.7 Å². The summed E-state index contributed by atoms with van der Waals surface area (Å²) in [5.74, 6) is 1.17. The summed E-state index contributed by atoms with van der Waals surface area (Å²) in [5.41, 5.74) is 1.17. The average Bonchev–Trinajstić information content (AvgIpc) is 3.06. The topological polar surface area (TPSA) is 65.7 Å². The molecule has 0 bridgehead atoms. The van der Waals surface area contributed by atoms with Crippen molar-refractivity contribution < 1.29 is 23.5 Å². The van der Waals surface area contributed by atoms with Gasteiger partial charge in [-0.15, -0.1) is 0 Å². The third kappa shape index (κ3) is 3.12. The molecule has 2 saturated carbocycles. The maximum atomic E-state index is 12.2. The molecule has 2 fully saturated rings. The second-order valence-corrected chi connectivity index (χ2v) is 10.4. The van der Waals surface area contributed by atoms with Crippen LogP contribution in [0.1, 0.15) is 78.0 Å². The fraction of sp³-hybridized carbons (Fsp3) is 0.750. The summed E-state index contributed by atoms with van der Waals surface area (Å²) in [5, 5.41) is 0. The average molecular weight is 403 g/mol. The van der Waals surface area contributed by atoms with E-state index in [0.29, 0.717) is 5.92 Å². The van der Waals surface area contributed by atoms with Gasteiger partial charge in [0.05, 0.1) is 6.26 Å². The summed E-state index contributed by atoms with van der Waals surface area (Å²) in [6.45, 7) is 12.0. The molecule has 3 aliphatic rings. The number of carbonyl (C=O) groups is 2. The molecule has 0 radical (unpaired) electrons. The van der Waals surface area contributed by atoms with Crippen LogP contribution in [0.15, 0.2) is 16.7 Å². The van der Waals surface area contributed by atoms with Gasteiger partial charge in [0.2, 0.25) is 0 Å². The first-order valence-electron chi connectivity index (χ1n) is 11.0. The van der Waals surface area contributed by atoms with Gasteiger partial charge < -0.3 is 13.9 Å². The Morgan fingerprint density at radius 3 is 2.38 bits per heavy atom. The van der Waals surface area contributed by atoms with Crippen LogP contribution in [-0.2, 0) is 25.5 Å². The van der Waals surface area contributed by atoms with Crippen molar-refractivity contribution in [2.45, 2.75) is 85.4 Å². The SMILES string of the molecule is CC(=O)O[C@H]1[C@H](OC(C)=O)[C@@H]2C(C)(C)CCC[C@]2(C)[C@H]2Cc3occc3[C@@H](C)[C@@H]12. The zero-order valence-corrected chi connectivity index (χ0v) is 18.5. The molecule has 0 spiro atoms. The molecule has 0 aliphatic heterocycles. The largest absolute Gasteiger partial charge is 0.469 e. The van der Waals surface area contributed by atoms with Crippen molar-refractivity contribution in [3.63, 3.8) is 0 Å². The highest BCUT2D eigenvalue weighted by Crippen LogP contribution is 2.65. The second kappa shape index (κ2) is 6.88. The standard InChI is InChI=1S/C24H34O5/c1-13-16-8-11-27-18(16)12-17-19(13)20(28-14(2)25)21(29-15(3)26)22-23(4,5)9-7-10-24(17,22)6/h8,11,13,17,19-22H,7,9-10,12H2,1-6H3/t13-,17+,19-,20-,21+,22-,24-/m1/s1. The Morgan fingerprint density at radius 1 is 1.07 bits per heavy atom. The van der Waals surface area contributed by atoms with Gasteiger partial charge >= 0.3 is 11.9 Å². The minimum atomic E-state index is -0.435. The first kappa shape index (κ1) is 20.5. The van der Waals surface area contributed by atoms with E-state index in [1.54, 1.807) is 6.26 Å². The Balaban J connectivity index is 1.89. The van der Waals surface area contributed by atoms with Gasteiger partial charge in [-0.1, -0.05) is 34.1 Å². The number of furan rings is 1. The predicted molar refractivity (Wildman–Crippen MR) is 108 cm³/mol. The van der Waals surface area contributed by atoms with Gasteiger partial charge in [0, 0.05) is 32.1 Å². The van der Waals surface area contributed by atoms with Gasteiger partial charge in [0.25, 0.3) is 0 Å². The number of esters is 2. The van der Waals surface area contributed by atoms with Gasteiger partial charge in [0.15, 0.2) is 0 Å². The van der Waals surface area contributed by atoms with Crippen LogP contribution >= 0.6 is 0 Å². The lowest BCUT2D eigenvalue weighted by Crippen LogP contribution is -2.66. The minimum Gasteiger partial charge on any atom is -0.469 e. The zero-order valence-electron chi connectivity index (χ0n) is 18.5. The molecule has 0 unspecified atom stereocenters. The van der Waals surface area contributed by atoms with Gasteiger partial charge in [-0.05, 0) is 47.1 Å². The van der Waals surface area contributed by atoms with E-state index in [9.17, 15) is 9.59 Å². The van der Waals surface area contributed by atoms with Gasteiger partial charge in [-0.2, -0.15) is 0 Å². The normalized spacial score (nSPS) is 40.2. The van der Waals surface area contributed by atoms with Crippen molar-refractivity contribution in [1.29, 1.82) is 0 Å². The molecule has 29 heavy (non-hydrogen) atoms. The molecular formula is C24H34O5. The van der Waals surface area contributed by atoms with Gasteiger partial charge in [-0.3, -0.25) is 9.59 Å². The molecule has 1 aromatic heterocycles. The van der Waals surface area contributed by atoms with E-state index in [0.717, 1.165) is 31.4 Å². The van der Waals surface area contributed by atoms with Crippen molar-refractivity contribution in [2.75, 3.05) is 0 Å². The molecule has 4 rings (SSSR count). The summed E-state index contributed by atoms with van der Waals surface area (Å²) >= 11 is 0. The van der Waals surface area contributed by atoms with Crippen molar-refractivity contribution in [3.05, 3.63) is 23.7 Å². The molecule has 5 nitrogen and oxygen atoms in total. The summed E-state index contributed by atoms with van der Waals surface area (Å²) in [4.78, 5) is 24.3. The molecule has 1 aromatic rings. The predicted octanol–water partition coefficient (Wildman–Crippen LogP) is 4.88. The summed E-state index contributed by atoms with van der Waals surface area (Å²) in [6, 6.07) is 2.04. The number of carbonyl (C=O) groups excluding carboxylic acids is 2. The highest BCUT2D eigenvalue weighted by atomic mass is 16.6. The van der Waals surface area contributed by atoms with Crippen molar-refractivity contribution in [2.24, 2.45) is 28.6 Å². The van der Waals surface area contributed by atoms with Crippen LogP contribution in [0.5, 0.6) is 0 Å². The Kier molecular flexibility index (Phi) is 4.86. The van der Waals surface area contributed by atoms with E-state index in [4.69, 9.17) is 13.9 Å². The van der Waals surface area contributed by atoms with Gasteiger partial charge in [0.1, 0.15) is 18.0 Å². The summed E-state index contributed by atoms with van der Waals surface area (Å²) in [7, 11) is 0. The smallest absolute Gasteiger partial charge is 0.303 e. The Morgan fingerprint density at radius 2 is 1.72 bits per heavy atom. The molecular weight excluding hydrogens is 368 g/mol. The van der Waals surface area contributed by atoms with Crippen molar-refractivity contribution in [1.82, 2.24) is 0 Å². The van der Waals surface area contributed by atoms with E-state index in [-0.39, 0.29) is 40.5 Å². The van der Waals surface area contributed by atoms with E-state index < -0.39 is 12.2 Å². The Labute approximate surface area is 173 Å². The molecule has 5 heteroatoms. The summed E-state index contributed by atoms with van der Waals surface area (Å²) in [6.07, 6.45) is 5.10. The maximum absolute atomic E-state index is 12.2. The quantitative estimate of drug-likeness (QED) is 0.660. The van der Waals surface area contributed by atoms with E-state index in [1.165, 1.54) is 19.4 Å².